The molecule has 13 rings (SSSR count). The third-order valence-corrected chi connectivity index (χ3v) is 13.3. The number of rotatable bonds is 4. The van der Waals surface area contributed by atoms with Gasteiger partial charge in [0.1, 0.15) is 11.5 Å². The fraction of sp³-hybridized carbons (Fsp3) is 0.0169. The molecule has 1 spiro atoms. The average molecular weight is 776 g/mol. The second-order valence-corrected chi connectivity index (χ2v) is 16.4. The van der Waals surface area contributed by atoms with Gasteiger partial charge in [-0.1, -0.05) is 188 Å². The predicted molar refractivity (Wildman–Crippen MR) is 254 cm³/mol. The standard InChI is InChI=1S/C59H37NO/c1-3-17-42-35-45(30-25-38(42)13-1)60(46-31-26-39-14-2-4-18-43(39)36-46)56-24-12-10-19-47(56)44-27-32-51-50-22-9-11-23-52(50)59(55(51)37-44)53-33-28-40-15-5-7-20-48(40)57(53)61-58-49-21-8-6-16-41(49)29-34-54(58)59/h1-37H. The second kappa shape index (κ2) is 13.0. The maximum atomic E-state index is 7.24. The molecule has 0 fully saturated rings. The predicted octanol–water partition coefficient (Wildman–Crippen LogP) is 15.9. The van der Waals surface area contributed by atoms with Crippen molar-refractivity contribution in [1.82, 2.24) is 0 Å². The number of benzene rings is 11. The lowest BCUT2D eigenvalue weighted by molar-refractivity contribution is 0.447. The number of hydrogen-bond acceptors (Lipinski definition) is 2. The van der Waals surface area contributed by atoms with E-state index in [0.717, 1.165) is 61.2 Å². The summed E-state index contributed by atoms with van der Waals surface area (Å²) in [6, 6.07) is 82.4. The van der Waals surface area contributed by atoms with Crippen molar-refractivity contribution in [3.63, 3.8) is 0 Å². The monoisotopic (exact) mass is 775 g/mol. The Labute approximate surface area is 354 Å². The van der Waals surface area contributed by atoms with E-state index < -0.39 is 5.41 Å². The van der Waals surface area contributed by atoms with Crippen molar-refractivity contribution < 1.29 is 4.74 Å². The summed E-state index contributed by atoms with van der Waals surface area (Å²) in [5.41, 5.74) is 12.4. The van der Waals surface area contributed by atoms with Crippen LogP contribution in [0.3, 0.4) is 0 Å². The molecular formula is C59H37NO. The molecule has 1 heterocycles. The molecule has 0 bridgehead atoms. The Morgan fingerprint density at radius 2 is 0.787 bits per heavy atom. The van der Waals surface area contributed by atoms with E-state index in [-0.39, 0.29) is 0 Å². The minimum Gasteiger partial charge on any atom is -0.455 e. The van der Waals surface area contributed by atoms with Crippen LogP contribution < -0.4 is 9.64 Å². The minimum absolute atomic E-state index is 0.635. The van der Waals surface area contributed by atoms with E-state index >= 15 is 0 Å². The molecular weight excluding hydrogens is 739 g/mol. The molecule has 0 radical (unpaired) electrons. The van der Waals surface area contributed by atoms with Crippen LogP contribution in [0.15, 0.2) is 224 Å². The van der Waals surface area contributed by atoms with Crippen molar-refractivity contribution in [2.24, 2.45) is 0 Å². The number of anilines is 3. The lowest BCUT2D eigenvalue weighted by Crippen LogP contribution is -2.32. The van der Waals surface area contributed by atoms with Gasteiger partial charge in [0.25, 0.3) is 0 Å². The van der Waals surface area contributed by atoms with Gasteiger partial charge in [-0.15, -0.1) is 0 Å². The molecule has 11 aromatic rings. The highest BCUT2D eigenvalue weighted by Gasteiger charge is 2.52. The maximum absolute atomic E-state index is 7.24. The SMILES string of the molecule is c1ccc(N(c2ccc3ccccc3c2)c2ccc3ccccc3c2)c(-c2ccc3c(c2)C2(c4ccccc4-3)c3ccc4ccccc4c3Oc3c2ccc2ccccc32)c1. The van der Waals surface area contributed by atoms with Crippen LogP contribution in [0, 0.1) is 0 Å². The highest BCUT2D eigenvalue weighted by molar-refractivity contribution is 6.01. The number of ether oxygens (including phenoxy) is 1. The van der Waals surface area contributed by atoms with Crippen molar-refractivity contribution in [3.8, 4) is 33.8 Å². The molecule has 0 N–H and O–H groups in total. The molecule has 1 aliphatic heterocycles. The topological polar surface area (TPSA) is 12.5 Å². The fourth-order valence-electron chi connectivity index (χ4n) is 10.5. The molecule has 0 aromatic heterocycles. The molecule has 0 saturated carbocycles. The summed E-state index contributed by atoms with van der Waals surface area (Å²) in [5, 5.41) is 9.42. The van der Waals surface area contributed by atoms with Crippen LogP contribution in [0.4, 0.5) is 17.1 Å². The average Bonchev–Trinajstić information content (AvgIpc) is 3.61. The van der Waals surface area contributed by atoms with Crippen LogP contribution in [0.1, 0.15) is 22.3 Å². The van der Waals surface area contributed by atoms with E-state index in [2.05, 4.69) is 229 Å². The van der Waals surface area contributed by atoms with Gasteiger partial charge in [0.05, 0.1) is 11.1 Å². The van der Waals surface area contributed by atoms with Crippen LogP contribution in [-0.2, 0) is 5.41 Å². The Hall–Kier alpha value is -7.94. The third kappa shape index (κ3) is 4.91. The van der Waals surface area contributed by atoms with Crippen LogP contribution in [0.25, 0.3) is 65.3 Å². The van der Waals surface area contributed by atoms with Gasteiger partial charge in [-0.05, 0) is 96.5 Å². The lowest BCUT2D eigenvalue weighted by Gasteiger charge is -2.40. The first kappa shape index (κ1) is 34.0. The van der Waals surface area contributed by atoms with E-state index in [1.165, 1.54) is 54.9 Å². The van der Waals surface area contributed by atoms with Gasteiger partial charge in [-0.25, -0.2) is 0 Å². The van der Waals surface area contributed by atoms with E-state index in [4.69, 9.17) is 4.74 Å². The normalized spacial score (nSPS) is 13.2. The summed E-state index contributed by atoms with van der Waals surface area (Å²) in [5.74, 6) is 1.85. The highest BCUT2D eigenvalue weighted by atomic mass is 16.5. The Morgan fingerprint density at radius 1 is 0.311 bits per heavy atom. The third-order valence-electron chi connectivity index (χ3n) is 13.3. The van der Waals surface area contributed by atoms with Gasteiger partial charge >= 0.3 is 0 Å². The van der Waals surface area contributed by atoms with Crippen LogP contribution >= 0.6 is 0 Å². The van der Waals surface area contributed by atoms with Crippen molar-refractivity contribution in [2.75, 3.05) is 4.90 Å². The molecule has 0 unspecified atom stereocenters. The molecule has 284 valence electrons. The van der Waals surface area contributed by atoms with Crippen molar-refractivity contribution in [2.45, 2.75) is 5.41 Å². The maximum Gasteiger partial charge on any atom is 0.140 e. The van der Waals surface area contributed by atoms with Crippen LogP contribution in [0.2, 0.25) is 0 Å². The summed E-state index contributed by atoms with van der Waals surface area (Å²) < 4.78 is 7.24. The van der Waals surface area contributed by atoms with Crippen molar-refractivity contribution in [3.05, 3.63) is 247 Å². The molecule has 0 amide bonds. The largest absolute Gasteiger partial charge is 0.455 e. The fourth-order valence-corrected chi connectivity index (χ4v) is 10.5. The van der Waals surface area contributed by atoms with Gasteiger partial charge in [0, 0.05) is 38.8 Å². The number of hydrogen-bond donors (Lipinski definition) is 0. The smallest absolute Gasteiger partial charge is 0.140 e. The second-order valence-electron chi connectivity index (χ2n) is 16.4. The van der Waals surface area contributed by atoms with Gasteiger partial charge in [-0.3, -0.25) is 0 Å². The zero-order valence-electron chi connectivity index (χ0n) is 33.2. The molecule has 0 saturated heterocycles. The molecule has 1 aliphatic carbocycles. The van der Waals surface area contributed by atoms with E-state index in [9.17, 15) is 0 Å². The quantitative estimate of drug-likeness (QED) is 0.177. The van der Waals surface area contributed by atoms with Crippen LogP contribution in [0.5, 0.6) is 11.5 Å². The summed E-state index contributed by atoms with van der Waals surface area (Å²) in [4.78, 5) is 2.43. The first-order chi connectivity index (χ1) is 30.2. The zero-order valence-corrected chi connectivity index (χ0v) is 33.2. The number of para-hydroxylation sites is 1. The van der Waals surface area contributed by atoms with E-state index in [0.29, 0.717) is 0 Å². The zero-order chi connectivity index (χ0) is 40.1. The molecule has 0 atom stereocenters. The highest BCUT2D eigenvalue weighted by Crippen LogP contribution is 2.64. The summed E-state index contributed by atoms with van der Waals surface area (Å²) in [6.07, 6.45) is 0. The molecule has 2 heteroatoms. The van der Waals surface area contributed by atoms with Gasteiger partial charge in [0.15, 0.2) is 0 Å². The first-order valence-electron chi connectivity index (χ1n) is 21.1. The number of nitrogens with zero attached hydrogens (tertiary/aromatic N) is 1. The molecule has 2 nitrogen and oxygen atoms in total. The summed E-state index contributed by atoms with van der Waals surface area (Å²) in [7, 11) is 0. The Balaban J connectivity index is 1.09. The van der Waals surface area contributed by atoms with E-state index in [1.54, 1.807) is 0 Å². The van der Waals surface area contributed by atoms with Gasteiger partial charge in [0.2, 0.25) is 0 Å². The summed E-state index contributed by atoms with van der Waals surface area (Å²) in [6.45, 7) is 0. The van der Waals surface area contributed by atoms with Crippen molar-refractivity contribution in [1.29, 1.82) is 0 Å². The lowest BCUT2D eigenvalue weighted by atomic mass is 9.65. The van der Waals surface area contributed by atoms with Gasteiger partial charge < -0.3 is 9.64 Å². The molecule has 2 aliphatic rings. The molecule has 11 aromatic carbocycles. The Morgan fingerprint density at radius 3 is 1.41 bits per heavy atom. The minimum atomic E-state index is -0.635. The number of fused-ring (bicyclic) bond motifs is 15. The summed E-state index contributed by atoms with van der Waals surface area (Å²) >= 11 is 0. The van der Waals surface area contributed by atoms with Crippen molar-refractivity contribution >= 4 is 60.2 Å². The van der Waals surface area contributed by atoms with E-state index in [1.807, 2.05) is 0 Å². The van der Waals surface area contributed by atoms with Gasteiger partial charge in [-0.2, -0.15) is 0 Å². The first-order valence-corrected chi connectivity index (χ1v) is 21.1. The Kier molecular flexibility index (Phi) is 7.26. The Bertz CT molecular complexity index is 3440. The van der Waals surface area contributed by atoms with Crippen LogP contribution in [-0.4, -0.2) is 0 Å². The molecule has 61 heavy (non-hydrogen) atoms.